The number of aliphatic carboxylic acids is 1. The molecule has 0 aromatic carbocycles. The highest BCUT2D eigenvalue weighted by Gasteiger charge is 2.23. The summed E-state index contributed by atoms with van der Waals surface area (Å²) < 4.78 is 12.1. The van der Waals surface area contributed by atoms with Gasteiger partial charge in [0.05, 0.1) is 5.69 Å². The Kier molecular flexibility index (Phi) is 8.02. The standard InChI is InChI=1S/C14H22N2O3S/c1-2-3-4-5-6-13(14(17)18)20(19)10-7-12-11-15-8-9-16-12/h8-9,11,13H,2-7,10H2,1H3,(H,17,18). The highest BCUT2D eigenvalue weighted by molar-refractivity contribution is 7.86. The monoisotopic (exact) mass is 298 g/mol. The zero-order valence-electron chi connectivity index (χ0n) is 11.8. The van der Waals surface area contributed by atoms with Gasteiger partial charge in [-0.1, -0.05) is 32.6 Å². The van der Waals surface area contributed by atoms with E-state index in [4.69, 9.17) is 0 Å². The van der Waals surface area contributed by atoms with Crippen molar-refractivity contribution in [2.75, 3.05) is 5.75 Å². The Balaban J connectivity index is 2.41. The number of hydrogen-bond donors (Lipinski definition) is 1. The van der Waals surface area contributed by atoms with Crippen LogP contribution in [-0.4, -0.2) is 36.3 Å². The lowest BCUT2D eigenvalue weighted by Gasteiger charge is -2.11. The Labute approximate surface area is 122 Å². The highest BCUT2D eigenvalue weighted by Crippen LogP contribution is 2.12. The van der Waals surface area contributed by atoms with Gasteiger partial charge in [0.1, 0.15) is 5.25 Å². The van der Waals surface area contributed by atoms with Crippen molar-refractivity contribution in [1.29, 1.82) is 0 Å². The maximum absolute atomic E-state index is 12.1. The first-order valence-electron chi connectivity index (χ1n) is 7.00. The van der Waals surface area contributed by atoms with Gasteiger partial charge in [0.25, 0.3) is 0 Å². The van der Waals surface area contributed by atoms with E-state index in [9.17, 15) is 14.1 Å². The molecule has 0 amide bonds. The van der Waals surface area contributed by atoms with Crippen LogP contribution in [0.2, 0.25) is 0 Å². The second kappa shape index (κ2) is 9.58. The van der Waals surface area contributed by atoms with E-state index in [1.165, 1.54) is 0 Å². The minimum Gasteiger partial charge on any atom is -0.480 e. The van der Waals surface area contributed by atoms with Gasteiger partial charge in [-0.2, -0.15) is 0 Å². The lowest BCUT2D eigenvalue weighted by atomic mass is 10.1. The molecule has 6 heteroatoms. The molecule has 0 fully saturated rings. The second-order valence-corrected chi connectivity index (χ2v) is 6.45. The number of unbranched alkanes of at least 4 members (excludes halogenated alkanes) is 3. The summed E-state index contributed by atoms with van der Waals surface area (Å²) in [5.41, 5.74) is 0.746. The molecule has 2 unspecified atom stereocenters. The fourth-order valence-electron chi connectivity index (χ4n) is 1.93. The number of nitrogens with zero attached hydrogens (tertiary/aromatic N) is 2. The predicted molar refractivity (Wildman–Crippen MR) is 78.9 cm³/mol. The van der Waals surface area contributed by atoms with Gasteiger partial charge in [-0.25, -0.2) is 0 Å². The van der Waals surface area contributed by atoms with Crippen LogP contribution in [0.15, 0.2) is 18.6 Å². The quantitative estimate of drug-likeness (QED) is 0.670. The molecule has 2 atom stereocenters. The Hall–Kier alpha value is -1.30. The summed E-state index contributed by atoms with van der Waals surface area (Å²) in [7, 11) is -1.36. The van der Waals surface area contributed by atoms with Gasteiger partial charge in [0, 0.05) is 41.6 Å². The topological polar surface area (TPSA) is 80.1 Å². The summed E-state index contributed by atoms with van der Waals surface area (Å²) in [5.74, 6) is -0.636. The van der Waals surface area contributed by atoms with Crippen LogP contribution in [0.3, 0.4) is 0 Å². The van der Waals surface area contributed by atoms with Gasteiger partial charge in [0.15, 0.2) is 0 Å². The van der Waals surface area contributed by atoms with E-state index in [1.807, 2.05) is 0 Å². The van der Waals surface area contributed by atoms with Crippen LogP contribution in [0.5, 0.6) is 0 Å². The lowest BCUT2D eigenvalue weighted by molar-refractivity contribution is -0.136. The molecule has 1 heterocycles. The molecular formula is C14H22N2O3S. The molecule has 1 N–H and O–H groups in total. The van der Waals surface area contributed by atoms with Crippen molar-refractivity contribution in [1.82, 2.24) is 9.97 Å². The zero-order valence-corrected chi connectivity index (χ0v) is 12.6. The molecule has 5 nitrogen and oxygen atoms in total. The van der Waals surface area contributed by atoms with E-state index in [0.29, 0.717) is 18.6 Å². The van der Waals surface area contributed by atoms with Crippen molar-refractivity contribution in [3.63, 3.8) is 0 Å². The van der Waals surface area contributed by atoms with Gasteiger partial charge < -0.3 is 5.11 Å². The summed E-state index contributed by atoms with van der Waals surface area (Å²) in [4.78, 5) is 19.2. The Bertz CT molecular complexity index is 426. The second-order valence-electron chi connectivity index (χ2n) is 4.71. The molecule has 0 saturated carbocycles. The molecule has 1 rings (SSSR count). The molecule has 112 valence electrons. The zero-order chi connectivity index (χ0) is 14.8. The summed E-state index contributed by atoms with van der Waals surface area (Å²) >= 11 is 0. The first kappa shape index (κ1) is 16.8. The molecule has 1 aromatic heterocycles. The molecule has 1 aromatic rings. The van der Waals surface area contributed by atoms with E-state index in [1.54, 1.807) is 18.6 Å². The SMILES string of the molecule is CCCCCCC(C(=O)O)S(=O)CCc1cnccn1. The average molecular weight is 298 g/mol. The number of carboxylic acid groups (broad SMARTS) is 1. The van der Waals surface area contributed by atoms with Crippen molar-refractivity contribution in [2.45, 2.75) is 50.7 Å². The van der Waals surface area contributed by atoms with Crippen LogP contribution in [0.25, 0.3) is 0 Å². The first-order valence-corrected chi connectivity index (χ1v) is 8.38. The molecular weight excluding hydrogens is 276 g/mol. The normalized spacial score (nSPS) is 13.8. The van der Waals surface area contributed by atoms with Crippen LogP contribution >= 0.6 is 0 Å². The fraction of sp³-hybridized carbons (Fsp3) is 0.643. The summed E-state index contributed by atoms with van der Waals surface area (Å²) in [5, 5.41) is 8.42. The van der Waals surface area contributed by atoms with Crippen LogP contribution < -0.4 is 0 Å². The van der Waals surface area contributed by atoms with Crippen molar-refractivity contribution in [2.24, 2.45) is 0 Å². The maximum Gasteiger partial charge on any atom is 0.319 e. The van der Waals surface area contributed by atoms with E-state index < -0.39 is 22.0 Å². The molecule has 0 aliphatic heterocycles. The minimum absolute atomic E-state index is 0.323. The van der Waals surface area contributed by atoms with Crippen LogP contribution in [0.4, 0.5) is 0 Å². The average Bonchev–Trinajstić information content (AvgIpc) is 2.45. The third kappa shape index (κ3) is 6.23. The van der Waals surface area contributed by atoms with E-state index in [0.717, 1.165) is 31.4 Å². The van der Waals surface area contributed by atoms with Crippen LogP contribution in [-0.2, 0) is 22.0 Å². The smallest absolute Gasteiger partial charge is 0.319 e. The van der Waals surface area contributed by atoms with Crippen molar-refractivity contribution in [3.8, 4) is 0 Å². The van der Waals surface area contributed by atoms with Crippen molar-refractivity contribution < 1.29 is 14.1 Å². The number of aromatic nitrogens is 2. The van der Waals surface area contributed by atoms with Gasteiger partial charge >= 0.3 is 5.97 Å². The largest absolute Gasteiger partial charge is 0.480 e. The van der Waals surface area contributed by atoms with Gasteiger partial charge in [-0.15, -0.1) is 0 Å². The van der Waals surface area contributed by atoms with Gasteiger partial charge in [0.2, 0.25) is 0 Å². The molecule has 0 aliphatic rings. The van der Waals surface area contributed by atoms with E-state index in [2.05, 4.69) is 16.9 Å². The number of rotatable bonds is 10. The number of carboxylic acids is 1. The number of aryl methyl sites for hydroxylation is 1. The van der Waals surface area contributed by atoms with E-state index in [-0.39, 0.29) is 0 Å². The number of hydrogen-bond acceptors (Lipinski definition) is 4. The summed E-state index contributed by atoms with van der Waals surface area (Å²) in [6.07, 6.45) is 9.79. The van der Waals surface area contributed by atoms with Crippen molar-refractivity contribution >= 4 is 16.8 Å². The van der Waals surface area contributed by atoms with Gasteiger partial charge in [-0.05, 0) is 6.42 Å². The molecule has 0 bridgehead atoms. The van der Waals surface area contributed by atoms with Crippen molar-refractivity contribution in [3.05, 3.63) is 24.3 Å². The van der Waals surface area contributed by atoms with Crippen LogP contribution in [0.1, 0.15) is 44.7 Å². The third-order valence-corrected chi connectivity index (χ3v) is 4.77. The first-order chi connectivity index (χ1) is 9.65. The van der Waals surface area contributed by atoms with E-state index >= 15 is 0 Å². The van der Waals surface area contributed by atoms with Crippen LogP contribution in [0, 0.1) is 0 Å². The molecule has 0 saturated heterocycles. The Morgan fingerprint density at radius 1 is 1.35 bits per heavy atom. The third-order valence-electron chi connectivity index (χ3n) is 3.09. The summed E-state index contributed by atoms with van der Waals surface area (Å²) in [6, 6.07) is 0. The Morgan fingerprint density at radius 2 is 2.15 bits per heavy atom. The van der Waals surface area contributed by atoms with Gasteiger partial charge in [-0.3, -0.25) is 19.0 Å². The predicted octanol–water partition coefficient (Wildman–Crippen LogP) is 2.19. The molecule has 0 spiro atoms. The molecule has 20 heavy (non-hydrogen) atoms. The lowest BCUT2D eigenvalue weighted by Crippen LogP contribution is -2.28. The highest BCUT2D eigenvalue weighted by atomic mass is 32.2. The molecule has 0 radical (unpaired) electrons. The maximum atomic E-state index is 12.1. The fourth-order valence-corrected chi connectivity index (χ4v) is 3.28. The molecule has 0 aliphatic carbocycles. The minimum atomic E-state index is -1.36. The number of carbonyl (C=O) groups is 1. The summed E-state index contributed by atoms with van der Waals surface area (Å²) in [6.45, 7) is 2.10. The Morgan fingerprint density at radius 3 is 2.75 bits per heavy atom.